The first-order valence-electron chi connectivity index (χ1n) is 11.4. The van der Waals surface area contributed by atoms with E-state index in [0.29, 0.717) is 6.54 Å². The van der Waals surface area contributed by atoms with Gasteiger partial charge in [-0.3, -0.25) is 9.79 Å². The van der Waals surface area contributed by atoms with Crippen molar-refractivity contribution >= 4 is 17.1 Å². The zero-order valence-electron chi connectivity index (χ0n) is 19.7. The Kier molecular flexibility index (Phi) is 5.42. The Labute approximate surface area is 199 Å². The summed E-state index contributed by atoms with van der Waals surface area (Å²) in [5.74, 6) is 0. The molecular formula is C29H28N4O. The molecule has 1 aliphatic heterocycles. The number of pyridine rings is 1. The molecule has 0 amide bonds. The summed E-state index contributed by atoms with van der Waals surface area (Å²) in [5, 5.41) is 0.951. The van der Waals surface area contributed by atoms with Crippen LogP contribution in [0.3, 0.4) is 0 Å². The van der Waals surface area contributed by atoms with Crippen molar-refractivity contribution in [2.45, 2.75) is 19.4 Å². The van der Waals surface area contributed by atoms with E-state index in [1.54, 1.807) is 6.07 Å². The zero-order chi connectivity index (χ0) is 23.9. The van der Waals surface area contributed by atoms with Gasteiger partial charge in [0, 0.05) is 36.4 Å². The Hall–Kier alpha value is -3.96. The van der Waals surface area contributed by atoms with Crippen LogP contribution in [-0.2, 0) is 5.54 Å². The molecule has 5 heteroatoms. The van der Waals surface area contributed by atoms with E-state index >= 15 is 0 Å². The number of nitrogens with one attached hydrogen (secondary N) is 1. The normalized spacial score (nSPS) is 15.3. The van der Waals surface area contributed by atoms with Crippen molar-refractivity contribution in [3.8, 4) is 11.1 Å². The monoisotopic (exact) mass is 448 g/mol. The minimum absolute atomic E-state index is 0.127. The highest BCUT2D eigenvalue weighted by Crippen LogP contribution is 2.39. The van der Waals surface area contributed by atoms with Crippen molar-refractivity contribution in [1.29, 1.82) is 0 Å². The van der Waals surface area contributed by atoms with E-state index < -0.39 is 5.54 Å². The lowest BCUT2D eigenvalue weighted by molar-refractivity contribution is 0.388. The van der Waals surface area contributed by atoms with Gasteiger partial charge in [0.15, 0.2) is 0 Å². The topological polar surface area (TPSA) is 74.5 Å². The third-order valence-electron chi connectivity index (χ3n) is 6.61. The molecule has 0 saturated carbocycles. The lowest BCUT2D eigenvalue weighted by Crippen LogP contribution is -2.46. The number of aromatic nitrogens is 1. The van der Waals surface area contributed by atoms with Crippen LogP contribution in [0.25, 0.3) is 22.0 Å². The van der Waals surface area contributed by atoms with Crippen molar-refractivity contribution in [2.24, 2.45) is 10.7 Å². The van der Waals surface area contributed by atoms with Crippen LogP contribution in [0.15, 0.2) is 94.5 Å². The van der Waals surface area contributed by atoms with Crippen molar-refractivity contribution in [3.63, 3.8) is 0 Å². The number of aliphatic imine (C=N–C) groups is 1. The number of nitrogens with zero attached hydrogens (tertiary/aromatic N) is 2. The van der Waals surface area contributed by atoms with Crippen molar-refractivity contribution < 1.29 is 0 Å². The number of rotatable bonds is 4. The fourth-order valence-electron chi connectivity index (χ4n) is 4.72. The predicted molar refractivity (Wildman–Crippen MR) is 140 cm³/mol. The number of nitrogens with two attached hydrogens (primary N) is 1. The van der Waals surface area contributed by atoms with Crippen LogP contribution in [0.2, 0.25) is 0 Å². The van der Waals surface area contributed by atoms with Gasteiger partial charge in [-0.2, -0.15) is 0 Å². The fraction of sp³-hybridized carbons (Fsp3) is 0.172. The van der Waals surface area contributed by atoms with E-state index in [-0.39, 0.29) is 5.56 Å². The third kappa shape index (κ3) is 3.74. The molecule has 1 aromatic heterocycles. The third-order valence-corrected chi connectivity index (χ3v) is 6.61. The SMILES string of the molecule is Cc1ccc(C(N)(C2=CN=CCN2C)c2ccc3[nH]c(=O)cc(-c4cccc(C)c4)c3c2)cc1. The highest BCUT2D eigenvalue weighted by Gasteiger charge is 2.37. The molecule has 0 bridgehead atoms. The molecular weight excluding hydrogens is 420 g/mol. The Balaban J connectivity index is 1.79. The second kappa shape index (κ2) is 8.43. The molecule has 3 aromatic carbocycles. The summed E-state index contributed by atoms with van der Waals surface area (Å²) in [5.41, 5.74) is 14.1. The molecule has 1 unspecified atom stereocenters. The highest BCUT2D eigenvalue weighted by atomic mass is 16.1. The molecule has 34 heavy (non-hydrogen) atoms. The number of hydrogen-bond acceptors (Lipinski definition) is 4. The Morgan fingerprint density at radius 1 is 0.941 bits per heavy atom. The largest absolute Gasteiger partial charge is 0.369 e. The smallest absolute Gasteiger partial charge is 0.249 e. The highest BCUT2D eigenvalue weighted by molar-refractivity contribution is 5.95. The van der Waals surface area contributed by atoms with Crippen LogP contribution in [0.1, 0.15) is 22.3 Å². The number of hydrogen-bond donors (Lipinski definition) is 2. The van der Waals surface area contributed by atoms with E-state index in [1.165, 1.54) is 5.56 Å². The molecule has 5 nitrogen and oxygen atoms in total. The molecule has 0 radical (unpaired) electrons. The Morgan fingerprint density at radius 3 is 2.44 bits per heavy atom. The maximum Gasteiger partial charge on any atom is 0.249 e. The van der Waals surface area contributed by atoms with Crippen LogP contribution >= 0.6 is 0 Å². The number of aromatic amines is 1. The quantitative estimate of drug-likeness (QED) is 0.468. The molecule has 2 heterocycles. The second-order valence-corrected chi connectivity index (χ2v) is 9.08. The minimum atomic E-state index is -0.922. The average Bonchev–Trinajstić information content (AvgIpc) is 2.83. The number of benzene rings is 3. The predicted octanol–water partition coefficient (Wildman–Crippen LogP) is 4.87. The molecule has 1 aliphatic rings. The van der Waals surface area contributed by atoms with Gasteiger partial charge >= 0.3 is 0 Å². The minimum Gasteiger partial charge on any atom is -0.369 e. The van der Waals surface area contributed by atoms with Crippen molar-refractivity contribution in [2.75, 3.05) is 13.6 Å². The fourth-order valence-corrected chi connectivity index (χ4v) is 4.72. The summed E-state index contributed by atoms with van der Waals surface area (Å²) in [4.78, 5) is 22.0. The summed E-state index contributed by atoms with van der Waals surface area (Å²) in [6.07, 6.45) is 3.72. The second-order valence-electron chi connectivity index (χ2n) is 9.08. The Bertz CT molecular complexity index is 1500. The molecule has 5 rings (SSSR count). The van der Waals surface area contributed by atoms with Gasteiger partial charge < -0.3 is 15.6 Å². The van der Waals surface area contributed by atoms with Gasteiger partial charge in [-0.25, -0.2) is 0 Å². The first-order chi connectivity index (χ1) is 16.4. The van der Waals surface area contributed by atoms with Crippen LogP contribution < -0.4 is 11.3 Å². The summed E-state index contributed by atoms with van der Waals surface area (Å²) in [6.45, 7) is 4.81. The van der Waals surface area contributed by atoms with Crippen LogP contribution in [0.4, 0.5) is 0 Å². The zero-order valence-corrected chi connectivity index (χ0v) is 19.7. The lowest BCUT2D eigenvalue weighted by atomic mass is 9.79. The van der Waals surface area contributed by atoms with Gasteiger partial charge in [0.05, 0.1) is 12.2 Å². The molecule has 0 spiro atoms. The van der Waals surface area contributed by atoms with Gasteiger partial charge in [0.2, 0.25) is 5.56 Å². The summed E-state index contributed by atoms with van der Waals surface area (Å²) in [7, 11) is 2.03. The van der Waals surface area contributed by atoms with E-state index in [9.17, 15) is 4.79 Å². The summed E-state index contributed by atoms with van der Waals surface area (Å²) >= 11 is 0. The first-order valence-corrected chi connectivity index (χ1v) is 11.4. The summed E-state index contributed by atoms with van der Waals surface area (Å²) in [6, 6.07) is 24.3. The first kappa shape index (κ1) is 21.9. The number of likely N-dealkylation sites (N-methyl/N-ethyl adjacent to an activating group) is 1. The molecule has 170 valence electrons. The standard InChI is InChI=1S/C29H28N4O/c1-19-7-9-22(10-8-19)29(30,27-18-31-13-14-33(27)3)23-11-12-26-25(16-23)24(17-28(34)32-26)21-6-4-5-20(2)15-21/h4-13,15-18H,14,30H2,1-3H3,(H,32,34). The average molecular weight is 449 g/mol. The van der Waals surface area contributed by atoms with Gasteiger partial charge in [-0.15, -0.1) is 0 Å². The Morgan fingerprint density at radius 2 is 1.71 bits per heavy atom. The van der Waals surface area contributed by atoms with Gasteiger partial charge in [-0.1, -0.05) is 65.7 Å². The van der Waals surface area contributed by atoms with Crippen LogP contribution in [0, 0.1) is 13.8 Å². The van der Waals surface area contributed by atoms with Crippen molar-refractivity contribution in [3.05, 3.63) is 117 Å². The van der Waals surface area contributed by atoms with Crippen LogP contribution in [0.5, 0.6) is 0 Å². The number of aryl methyl sites for hydroxylation is 2. The molecule has 1 atom stereocenters. The lowest BCUT2D eigenvalue weighted by Gasteiger charge is -2.39. The van der Waals surface area contributed by atoms with Crippen molar-refractivity contribution in [1.82, 2.24) is 9.88 Å². The number of fused-ring (bicyclic) bond motifs is 1. The summed E-state index contributed by atoms with van der Waals surface area (Å²) < 4.78 is 0. The molecule has 0 saturated heterocycles. The number of H-pyrrole nitrogens is 1. The van der Waals surface area contributed by atoms with Gasteiger partial charge in [0.25, 0.3) is 0 Å². The molecule has 0 aliphatic carbocycles. The van der Waals surface area contributed by atoms with E-state index in [2.05, 4.69) is 71.2 Å². The molecule has 4 aromatic rings. The van der Waals surface area contributed by atoms with E-state index in [4.69, 9.17) is 5.73 Å². The molecule has 0 fully saturated rings. The van der Waals surface area contributed by atoms with E-state index in [1.807, 2.05) is 43.7 Å². The maximum absolute atomic E-state index is 12.5. The maximum atomic E-state index is 12.5. The molecule has 3 N–H and O–H groups in total. The van der Waals surface area contributed by atoms with Gasteiger partial charge in [0.1, 0.15) is 5.54 Å². The van der Waals surface area contributed by atoms with Gasteiger partial charge in [-0.05, 0) is 48.2 Å². The van der Waals surface area contributed by atoms with E-state index in [0.717, 1.165) is 44.4 Å². The van der Waals surface area contributed by atoms with Crippen LogP contribution in [-0.4, -0.2) is 29.7 Å².